The van der Waals surface area contributed by atoms with Crippen molar-refractivity contribution in [2.45, 2.75) is 32.7 Å². The van der Waals surface area contributed by atoms with Crippen LogP contribution in [0.4, 0.5) is 0 Å². The second kappa shape index (κ2) is 9.01. The maximum atomic E-state index is 12.3. The number of hydrogen-bond acceptors (Lipinski definition) is 5. The first-order valence-electron chi connectivity index (χ1n) is 9.41. The number of carboxylic acids is 1. The van der Waals surface area contributed by atoms with E-state index in [4.69, 9.17) is 14.6 Å². The van der Waals surface area contributed by atoms with Crippen LogP contribution >= 0.6 is 0 Å². The minimum absolute atomic E-state index is 0.0718. The highest BCUT2D eigenvalue weighted by Gasteiger charge is 2.20. The fourth-order valence-electron chi connectivity index (χ4n) is 3.46. The summed E-state index contributed by atoms with van der Waals surface area (Å²) >= 11 is 0. The van der Waals surface area contributed by atoms with E-state index in [0.29, 0.717) is 25.1 Å². The predicted molar refractivity (Wildman–Crippen MR) is 101 cm³/mol. The zero-order chi connectivity index (χ0) is 19.2. The zero-order valence-corrected chi connectivity index (χ0v) is 15.6. The van der Waals surface area contributed by atoms with Gasteiger partial charge in [-0.2, -0.15) is 0 Å². The molecule has 7 heteroatoms. The number of ether oxygens (including phenoxy) is 2. The smallest absolute Gasteiger partial charge is 0.355 e. The van der Waals surface area contributed by atoms with Crippen molar-refractivity contribution in [2.24, 2.45) is 0 Å². The molecule has 2 aromatic rings. The van der Waals surface area contributed by atoms with Gasteiger partial charge < -0.3 is 19.6 Å². The number of esters is 1. The molecular formula is C20H26N2O5. The number of carboxylic acid groups (broad SMARTS) is 1. The minimum Gasteiger partial charge on any atom is -0.481 e. The molecule has 0 saturated carbocycles. The Morgan fingerprint density at radius 3 is 2.78 bits per heavy atom. The third-order valence-electron chi connectivity index (χ3n) is 4.78. The van der Waals surface area contributed by atoms with Gasteiger partial charge >= 0.3 is 11.9 Å². The summed E-state index contributed by atoms with van der Waals surface area (Å²) in [5.41, 5.74) is 3.31. The van der Waals surface area contributed by atoms with E-state index in [1.807, 2.05) is 6.07 Å². The number of benzene rings is 1. The zero-order valence-electron chi connectivity index (χ0n) is 15.6. The van der Waals surface area contributed by atoms with Gasteiger partial charge in [0.25, 0.3) is 0 Å². The van der Waals surface area contributed by atoms with Crippen LogP contribution in [0.1, 0.15) is 41.4 Å². The van der Waals surface area contributed by atoms with Gasteiger partial charge in [0.2, 0.25) is 0 Å². The lowest BCUT2D eigenvalue weighted by atomic mass is 10.0. The van der Waals surface area contributed by atoms with Gasteiger partial charge in [0.1, 0.15) is 5.69 Å². The van der Waals surface area contributed by atoms with Crippen LogP contribution < -0.4 is 0 Å². The van der Waals surface area contributed by atoms with Gasteiger partial charge in [0, 0.05) is 37.0 Å². The second-order valence-electron chi connectivity index (χ2n) is 6.71. The molecule has 0 unspecified atom stereocenters. The molecule has 0 radical (unpaired) electrons. The van der Waals surface area contributed by atoms with Gasteiger partial charge in [-0.1, -0.05) is 6.07 Å². The Morgan fingerprint density at radius 1 is 1.30 bits per heavy atom. The third kappa shape index (κ3) is 4.87. The molecular weight excluding hydrogens is 348 g/mol. The molecule has 1 aromatic carbocycles. The van der Waals surface area contributed by atoms with Crippen LogP contribution in [0.2, 0.25) is 0 Å². The highest BCUT2D eigenvalue weighted by atomic mass is 16.5. The first-order chi connectivity index (χ1) is 13.1. The molecule has 1 aliphatic heterocycles. The highest BCUT2D eigenvalue weighted by Crippen LogP contribution is 2.27. The van der Waals surface area contributed by atoms with Crippen molar-refractivity contribution >= 4 is 22.8 Å². The van der Waals surface area contributed by atoms with Crippen LogP contribution in [-0.2, 0) is 27.2 Å². The van der Waals surface area contributed by atoms with Crippen molar-refractivity contribution in [1.82, 2.24) is 9.88 Å². The van der Waals surface area contributed by atoms with Gasteiger partial charge in [-0.05, 0) is 43.0 Å². The molecule has 1 aromatic heterocycles. The average Bonchev–Trinajstić information content (AvgIpc) is 3.01. The number of aromatic nitrogens is 1. The summed E-state index contributed by atoms with van der Waals surface area (Å²) in [5.74, 6) is -1.23. The Kier molecular flexibility index (Phi) is 6.47. The van der Waals surface area contributed by atoms with Crippen molar-refractivity contribution in [3.05, 3.63) is 35.0 Å². The van der Waals surface area contributed by atoms with E-state index in [0.717, 1.165) is 49.3 Å². The van der Waals surface area contributed by atoms with E-state index >= 15 is 0 Å². The quantitative estimate of drug-likeness (QED) is 0.690. The number of morpholine rings is 1. The van der Waals surface area contributed by atoms with Gasteiger partial charge in [-0.15, -0.1) is 0 Å². The molecule has 0 aliphatic carbocycles. The third-order valence-corrected chi connectivity index (χ3v) is 4.78. The lowest BCUT2D eigenvalue weighted by molar-refractivity contribution is -0.137. The number of aliphatic carboxylic acids is 1. The van der Waals surface area contributed by atoms with Gasteiger partial charge in [-0.3, -0.25) is 9.69 Å². The molecule has 0 atom stereocenters. The predicted octanol–water partition coefficient (Wildman–Crippen LogP) is 2.58. The molecule has 0 spiro atoms. The standard InChI is InChI=1S/C20H26N2O5/c1-2-27-20(25)19-15(4-3-5-18(23)24)16-12-14(6-7-17(16)21-19)13-22-8-10-26-11-9-22/h6-7,12,21H,2-5,8-11,13H2,1H3,(H,23,24). The number of H-pyrrole nitrogens is 1. The number of hydrogen-bond donors (Lipinski definition) is 2. The Labute approximate surface area is 158 Å². The van der Waals surface area contributed by atoms with Crippen LogP contribution in [0.3, 0.4) is 0 Å². The molecule has 1 saturated heterocycles. The average molecular weight is 374 g/mol. The molecule has 2 heterocycles. The normalized spacial score (nSPS) is 15.1. The fourth-order valence-corrected chi connectivity index (χ4v) is 3.46. The van der Waals surface area contributed by atoms with E-state index in [-0.39, 0.29) is 6.42 Å². The first-order valence-corrected chi connectivity index (χ1v) is 9.41. The van der Waals surface area contributed by atoms with Crippen molar-refractivity contribution in [1.29, 1.82) is 0 Å². The number of aromatic amines is 1. The van der Waals surface area contributed by atoms with Crippen LogP contribution in [0.15, 0.2) is 18.2 Å². The number of nitrogens with one attached hydrogen (secondary N) is 1. The molecule has 2 N–H and O–H groups in total. The lowest BCUT2D eigenvalue weighted by Gasteiger charge is -2.26. The number of carbonyl (C=O) groups is 2. The fraction of sp³-hybridized carbons (Fsp3) is 0.500. The van der Waals surface area contributed by atoms with Crippen LogP contribution in [0, 0.1) is 0 Å². The van der Waals surface area contributed by atoms with Crippen molar-refractivity contribution in [3.8, 4) is 0 Å². The van der Waals surface area contributed by atoms with Gasteiger partial charge in [0.15, 0.2) is 0 Å². The molecule has 0 bridgehead atoms. The molecule has 3 rings (SSSR count). The van der Waals surface area contributed by atoms with Crippen LogP contribution in [0.5, 0.6) is 0 Å². The number of rotatable bonds is 8. The summed E-state index contributed by atoms with van der Waals surface area (Å²) in [5, 5.41) is 9.90. The number of aryl methyl sites for hydroxylation is 1. The summed E-state index contributed by atoms with van der Waals surface area (Å²) in [6.07, 6.45) is 1.06. The van der Waals surface area contributed by atoms with E-state index < -0.39 is 11.9 Å². The largest absolute Gasteiger partial charge is 0.481 e. The summed E-state index contributed by atoms with van der Waals surface area (Å²) < 4.78 is 10.6. The Hall–Kier alpha value is -2.38. The molecule has 27 heavy (non-hydrogen) atoms. The maximum absolute atomic E-state index is 12.3. The van der Waals surface area contributed by atoms with Gasteiger partial charge in [-0.25, -0.2) is 4.79 Å². The van der Waals surface area contributed by atoms with Crippen molar-refractivity contribution in [2.75, 3.05) is 32.9 Å². The Balaban J connectivity index is 1.89. The van der Waals surface area contributed by atoms with Crippen molar-refractivity contribution in [3.63, 3.8) is 0 Å². The van der Waals surface area contributed by atoms with E-state index in [1.165, 1.54) is 5.56 Å². The topological polar surface area (TPSA) is 91.9 Å². The summed E-state index contributed by atoms with van der Waals surface area (Å²) in [6, 6.07) is 6.14. The Bertz CT molecular complexity index is 808. The SMILES string of the molecule is CCOC(=O)c1[nH]c2ccc(CN3CCOCC3)cc2c1CCCC(=O)O. The maximum Gasteiger partial charge on any atom is 0.355 e. The summed E-state index contributed by atoms with van der Waals surface area (Å²) in [4.78, 5) is 28.7. The molecule has 146 valence electrons. The lowest BCUT2D eigenvalue weighted by Crippen LogP contribution is -2.35. The molecule has 1 fully saturated rings. The van der Waals surface area contributed by atoms with Gasteiger partial charge in [0.05, 0.1) is 19.8 Å². The number of fused-ring (bicyclic) bond motifs is 1. The second-order valence-corrected chi connectivity index (χ2v) is 6.71. The summed E-state index contributed by atoms with van der Waals surface area (Å²) in [7, 11) is 0. The summed E-state index contributed by atoms with van der Waals surface area (Å²) in [6.45, 7) is 6.21. The molecule has 0 amide bonds. The monoisotopic (exact) mass is 374 g/mol. The highest BCUT2D eigenvalue weighted by molar-refractivity contribution is 5.98. The molecule has 1 aliphatic rings. The number of nitrogens with zero attached hydrogens (tertiary/aromatic N) is 1. The van der Waals surface area contributed by atoms with Crippen LogP contribution in [-0.4, -0.2) is 59.8 Å². The van der Waals surface area contributed by atoms with Crippen LogP contribution in [0.25, 0.3) is 10.9 Å². The van der Waals surface area contributed by atoms with E-state index in [2.05, 4.69) is 22.0 Å². The van der Waals surface area contributed by atoms with E-state index in [1.54, 1.807) is 6.92 Å². The Morgan fingerprint density at radius 2 is 2.07 bits per heavy atom. The minimum atomic E-state index is -0.833. The number of carbonyl (C=O) groups excluding carboxylic acids is 1. The first kappa shape index (κ1) is 19.4. The molecule has 7 nitrogen and oxygen atoms in total. The van der Waals surface area contributed by atoms with Crippen molar-refractivity contribution < 1.29 is 24.2 Å². The van der Waals surface area contributed by atoms with E-state index in [9.17, 15) is 9.59 Å².